The molecule has 3 rings (SSSR count). The highest BCUT2D eigenvalue weighted by Gasteiger charge is 2.49. The SMILES string of the molecule is Cc1cccc2c1cc(C1CCCCC1)[s+]2C(F)(F)F.Cl. The fourth-order valence-corrected chi connectivity index (χ4v) is 5.50. The van der Waals surface area contributed by atoms with Crippen LogP contribution in [0.1, 0.15) is 48.5 Å². The van der Waals surface area contributed by atoms with Gasteiger partial charge in [0.15, 0.2) is 9.58 Å². The lowest BCUT2D eigenvalue weighted by molar-refractivity contribution is -0.0868. The number of hydrogen-bond donors (Lipinski definition) is 0. The maximum atomic E-state index is 13.5. The molecule has 1 aromatic heterocycles. The van der Waals surface area contributed by atoms with Crippen molar-refractivity contribution in [3.8, 4) is 0 Å². The van der Waals surface area contributed by atoms with Gasteiger partial charge < -0.3 is 0 Å². The van der Waals surface area contributed by atoms with Crippen molar-refractivity contribution < 1.29 is 13.2 Å². The van der Waals surface area contributed by atoms with Crippen LogP contribution in [0.2, 0.25) is 0 Å². The van der Waals surface area contributed by atoms with Crippen LogP contribution >= 0.6 is 22.9 Å². The largest absolute Gasteiger partial charge is 0.600 e. The molecule has 1 fully saturated rings. The minimum Gasteiger partial charge on any atom is -0.147 e. The molecule has 0 amide bonds. The van der Waals surface area contributed by atoms with E-state index in [4.69, 9.17) is 0 Å². The third kappa shape index (κ3) is 3.07. The molecule has 0 bridgehead atoms. The molecule has 1 aliphatic carbocycles. The molecule has 1 atom stereocenters. The second-order valence-corrected chi connectivity index (χ2v) is 7.61. The topological polar surface area (TPSA) is 0 Å². The Morgan fingerprint density at radius 1 is 1.10 bits per heavy atom. The van der Waals surface area contributed by atoms with Crippen molar-refractivity contribution in [2.75, 3.05) is 0 Å². The number of alkyl halides is 3. The summed E-state index contributed by atoms with van der Waals surface area (Å²) in [6, 6.07) is 7.15. The van der Waals surface area contributed by atoms with Gasteiger partial charge in [-0.3, -0.25) is 0 Å². The summed E-state index contributed by atoms with van der Waals surface area (Å²) >= 11 is 0. The monoisotopic (exact) mass is 335 g/mol. The Bertz CT molecular complexity index is 624. The smallest absolute Gasteiger partial charge is 0.147 e. The molecule has 0 aliphatic heterocycles. The molecule has 1 aromatic carbocycles. The van der Waals surface area contributed by atoms with Gasteiger partial charge in [0, 0.05) is 17.4 Å². The summed E-state index contributed by atoms with van der Waals surface area (Å²) in [4.78, 5) is 0.640. The summed E-state index contributed by atoms with van der Waals surface area (Å²) in [7, 11) is -1.70. The Hall–Kier alpha value is -0.740. The summed E-state index contributed by atoms with van der Waals surface area (Å²) in [5.74, 6) is 0.125. The van der Waals surface area contributed by atoms with E-state index in [0.717, 1.165) is 43.1 Å². The molecule has 0 radical (unpaired) electrons. The first-order valence-corrected chi connectivity index (χ1v) is 8.33. The van der Waals surface area contributed by atoms with Gasteiger partial charge in [-0.05, 0) is 31.4 Å². The van der Waals surface area contributed by atoms with Crippen molar-refractivity contribution in [1.82, 2.24) is 0 Å². The highest BCUT2D eigenvalue weighted by molar-refractivity contribution is 7.38. The number of rotatable bonds is 1. The number of benzene rings is 1. The molecule has 1 unspecified atom stereocenters. The molecule has 21 heavy (non-hydrogen) atoms. The average molecular weight is 336 g/mol. The Morgan fingerprint density at radius 2 is 1.76 bits per heavy atom. The third-order valence-corrected chi connectivity index (χ3v) is 6.45. The summed E-state index contributed by atoms with van der Waals surface area (Å²) in [5.41, 5.74) is -3.20. The van der Waals surface area contributed by atoms with E-state index in [2.05, 4.69) is 0 Å². The van der Waals surface area contributed by atoms with Gasteiger partial charge in [0.25, 0.3) is 0 Å². The Labute approximate surface area is 131 Å². The van der Waals surface area contributed by atoms with E-state index < -0.39 is 16.0 Å². The number of thiophene rings is 1. The van der Waals surface area contributed by atoms with Crippen LogP contribution in [0, 0.1) is 6.92 Å². The number of hydrogen-bond acceptors (Lipinski definition) is 0. The van der Waals surface area contributed by atoms with Crippen molar-refractivity contribution in [2.45, 2.75) is 50.5 Å². The molecule has 0 N–H and O–H groups in total. The highest BCUT2D eigenvalue weighted by Crippen LogP contribution is 2.55. The minimum atomic E-state index is -4.15. The fourth-order valence-electron chi connectivity index (χ4n) is 3.27. The molecule has 0 saturated heterocycles. The molecule has 5 heteroatoms. The lowest BCUT2D eigenvalue weighted by Gasteiger charge is -2.18. The van der Waals surface area contributed by atoms with E-state index in [-0.39, 0.29) is 18.3 Å². The molecule has 0 nitrogen and oxygen atoms in total. The summed E-state index contributed by atoms with van der Waals surface area (Å²) < 4.78 is 41.1. The zero-order valence-corrected chi connectivity index (χ0v) is 13.5. The van der Waals surface area contributed by atoms with E-state index in [1.165, 1.54) is 0 Å². The lowest BCUT2D eigenvalue weighted by Crippen LogP contribution is -2.06. The van der Waals surface area contributed by atoms with Crippen LogP contribution in [0.25, 0.3) is 10.1 Å². The quantitative estimate of drug-likeness (QED) is 0.500. The Kier molecular flexibility index (Phi) is 4.89. The van der Waals surface area contributed by atoms with Gasteiger partial charge in [-0.15, -0.1) is 25.6 Å². The van der Waals surface area contributed by atoms with E-state index in [0.29, 0.717) is 9.58 Å². The summed E-state index contributed by atoms with van der Waals surface area (Å²) in [6.07, 6.45) is 5.12. The Balaban J connectivity index is 0.00000161. The maximum Gasteiger partial charge on any atom is 0.600 e. The van der Waals surface area contributed by atoms with Crippen LogP contribution < -0.4 is 0 Å². The van der Waals surface area contributed by atoms with Crippen molar-refractivity contribution in [3.05, 3.63) is 34.7 Å². The van der Waals surface area contributed by atoms with E-state index in [9.17, 15) is 13.2 Å². The van der Waals surface area contributed by atoms with Gasteiger partial charge in [0.05, 0.1) is 10.5 Å². The van der Waals surface area contributed by atoms with Crippen molar-refractivity contribution >= 4 is 33.0 Å². The number of aryl methyl sites for hydroxylation is 1. The predicted octanol–water partition coefficient (Wildman–Crippen LogP) is 6.84. The highest BCUT2D eigenvalue weighted by atomic mass is 35.5. The van der Waals surface area contributed by atoms with Crippen molar-refractivity contribution in [2.24, 2.45) is 0 Å². The lowest BCUT2D eigenvalue weighted by atomic mass is 9.88. The third-order valence-electron chi connectivity index (χ3n) is 4.27. The van der Waals surface area contributed by atoms with Gasteiger partial charge >= 0.3 is 5.51 Å². The average Bonchev–Trinajstić information content (AvgIpc) is 2.80. The zero-order valence-electron chi connectivity index (χ0n) is 11.9. The first-order chi connectivity index (χ1) is 9.48. The van der Waals surface area contributed by atoms with Crippen molar-refractivity contribution in [1.29, 1.82) is 0 Å². The molecule has 1 aliphatic rings. The first kappa shape index (κ1) is 16.6. The Morgan fingerprint density at radius 3 is 2.38 bits per heavy atom. The van der Waals surface area contributed by atoms with Crippen LogP contribution in [0.5, 0.6) is 0 Å². The first-order valence-electron chi connectivity index (χ1n) is 7.11. The second-order valence-electron chi connectivity index (χ2n) is 5.62. The molecule has 1 saturated carbocycles. The van der Waals surface area contributed by atoms with E-state index >= 15 is 0 Å². The number of fused-ring (bicyclic) bond motifs is 1. The predicted molar refractivity (Wildman–Crippen MR) is 85.5 cm³/mol. The van der Waals surface area contributed by atoms with Crippen LogP contribution in [0.3, 0.4) is 0 Å². The van der Waals surface area contributed by atoms with Gasteiger partial charge in [-0.2, -0.15) is 0 Å². The maximum absolute atomic E-state index is 13.5. The van der Waals surface area contributed by atoms with Gasteiger partial charge in [-0.25, -0.2) is 0 Å². The molecule has 116 valence electrons. The van der Waals surface area contributed by atoms with Crippen LogP contribution in [-0.2, 0) is 5.51 Å². The van der Waals surface area contributed by atoms with E-state index in [1.807, 2.05) is 19.1 Å². The fraction of sp³-hybridized carbons (Fsp3) is 0.500. The zero-order chi connectivity index (χ0) is 14.3. The van der Waals surface area contributed by atoms with Gasteiger partial charge in [0.2, 0.25) is 0 Å². The minimum absolute atomic E-state index is 0. The molecular formula is C16H19ClF3S+. The molecular weight excluding hydrogens is 317 g/mol. The van der Waals surface area contributed by atoms with Crippen LogP contribution in [-0.4, -0.2) is 0 Å². The van der Waals surface area contributed by atoms with Crippen LogP contribution in [0.15, 0.2) is 24.3 Å². The summed E-state index contributed by atoms with van der Waals surface area (Å²) in [6.45, 7) is 1.90. The molecule has 2 aromatic rings. The van der Waals surface area contributed by atoms with Crippen molar-refractivity contribution in [3.63, 3.8) is 0 Å². The standard InChI is InChI=1S/C16H18F3S.ClH/c1-11-6-5-9-14-13(11)10-15(20(14)16(17,18)19)12-7-3-2-4-8-12;/h5-6,9-10,12H,2-4,7-8H2,1H3;1H/q+1;. The molecule has 1 heterocycles. The molecule has 0 spiro atoms. The van der Waals surface area contributed by atoms with E-state index in [1.54, 1.807) is 12.1 Å². The number of halogens is 4. The normalized spacial score (nSPS) is 17.8. The van der Waals surface area contributed by atoms with Crippen LogP contribution in [0.4, 0.5) is 13.2 Å². The second kappa shape index (κ2) is 6.17. The van der Waals surface area contributed by atoms with Gasteiger partial charge in [0.1, 0.15) is 0 Å². The van der Waals surface area contributed by atoms with Gasteiger partial charge in [-0.1, -0.05) is 31.4 Å². The summed E-state index contributed by atoms with van der Waals surface area (Å²) in [5, 5.41) is 0.814.